The Balaban J connectivity index is 2.06. The molecule has 6 heteroatoms. The third-order valence-corrected chi connectivity index (χ3v) is 11.8. The molecule has 1 N–H and O–H groups in total. The number of phenols is 1. The highest BCUT2D eigenvalue weighted by atomic mass is 79.9. The molecule has 0 saturated heterocycles. The number of benzene rings is 3. The molecule has 4 rings (SSSR count). The van der Waals surface area contributed by atoms with E-state index in [1.807, 2.05) is 6.07 Å². The van der Waals surface area contributed by atoms with Crippen molar-refractivity contribution in [2.75, 3.05) is 33.0 Å². The van der Waals surface area contributed by atoms with E-state index in [-0.39, 0.29) is 5.75 Å². The number of ether oxygens (including phenoxy) is 3. The molecule has 0 aromatic heterocycles. The molecule has 0 aliphatic heterocycles. The Kier molecular flexibility index (Phi) is 14.5. The van der Waals surface area contributed by atoms with Gasteiger partial charge in [-0.05, 0) is 94.5 Å². The number of fused-ring (bicyclic) bond motifs is 3. The number of halogens is 2. The lowest BCUT2D eigenvalue weighted by Crippen LogP contribution is -2.50. The van der Waals surface area contributed by atoms with Gasteiger partial charge in [-0.25, -0.2) is 0 Å². The molecule has 0 amide bonds. The van der Waals surface area contributed by atoms with Gasteiger partial charge in [-0.1, -0.05) is 142 Å². The Morgan fingerprint density at radius 2 is 1.28 bits per heavy atom. The van der Waals surface area contributed by atoms with Crippen LogP contribution in [0.25, 0.3) is 17.2 Å². The SMILES string of the molecule is CCC(C)COC/C=C/c1cc(O)c(OCC(C)CC)cc1C1(/C(C)=C/COCC(C)CC)c2cc(Br)ccc2-c2ccc(Br)cc2C1(C)C. The van der Waals surface area contributed by atoms with Crippen molar-refractivity contribution in [2.45, 2.75) is 92.4 Å². The average molecular weight is 811 g/mol. The molecule has 1 aliphatic carbocycles. The summed E-state index contributed by atoms with van der Waals surface area (Å²) >= 11 is 7.68. The largest absolute Gasteiger partial charge is 0.504 e. The van der Waals surface area contributed by atoms with Gasteiger partial charge in [0.25, 0.3) is 0 Å². The summed E-state index contributed by atoms with van der Waals surface area (Å²) in [6.07, 6.45) is 9.61. The van der Waals surface area contributed by atoms with Crippen molar-refractivity contribution in [3.05, 3.63) is 97.5 Å². The normalized spacial score (nSPS) is 18.8. The van der Waals surface area contributed by atoms with Crippen LogP contribution in [-0.2, 0) is 20.3 Å². The molecule has 0 radical (unpaired) electrons. The molecule has 0 fully saturated rings. The van der Waals surface area contributed by atoms with E-state index < -0.39 is 10.8 Å². The van der Waals surface area contributed by atoms with Gasteiger partial charge in [-0.3, -0.25) is 0 Å². The summed E-state index contributed by atoms with van der Waals surface area (Å²) in [5.74, 6) is 1.98. The monoisotopic (exact) mass is 808 g/mol. The molecule has 3 aromatic rings. The number of hydrogen-bond acceptors (Lipinski definition) is 4. The molecule has 0 saturated carbocycles. The fourth-order valence-corrected chi connectivity index (χ4v) is 7.86. The Labute approximate surface area is 319 Å². The minimum absolute atomic E-state index is 0.136. The second-order valence-corrected chi connectivity index (χ2v) is 16.7. The number of rotatable bonds is 17. The van der Waals surface area contributed by atoms with Crippen molar-refractivity contribution in [1.29, 1.82) is 0 Å². The van der Waals surface area contributed by atoms with Gasteiger partial charge >= 0.3 is 0 Å². The van der Waals surface area contributed by atoms with Crippen LogP contribution >= 0.6 is 31.9 Å². The molecule has 0 spiro atoms. The summed E-state index contributed by atoms with van der Waals surface area (Å²) < 4.78 is 20.8. The van der Waals surface area contributed by atoms with Crippen LogP contribution in [0.2, 0.25) is 0 Å². The smallest absolute Gasteiger partial charge is 0.161 e. The minimum Gasteiger partial charge on any atom is -0.504 e. The molecule has 272 valence electrons. The number of hydrogen-bond donors (Lipinski definition) is 1. The van der Waals surface area contributed by atoms with E-state index >= 15 is 0 Å². The fraction of sp³-hybridized carbons (Fsp3) is 0.500. The third kappa shape index (κ3) is 8.62. The lowest BCUT2D eigenvalue weighted by Gasteiger charge is -2.54. The van der Waals surface area contributed by atoms with Gasteiger partial charge < -0.3 is 19.3 Å². The fourth-order valence-electron chi connectivity index (χ4n) is 7.14. The molecule has 3 aromatic carbocycles. The summed E-state index contributed by atoms with van der Waals surface area (Å²) in [5.41, 5.74) is 6.88. The highest BCUT2D eigenvalue weighted by Gasteiger charge is 2.55. The molecule has 50 heavy (non-hydrogen) atoms. The maximum absolute atomic E-state index is 11.5. The van der Waals surface area contributed by atoms with Gasteiger partial charge in [0, 0.05) is 27.6 Å². The zero-order valence-corrected chi connectivity index (χ0v) is 34.8. The van der Waals surface area contributed by atoms with Crippen molar-refractivity contribution in [2.24, 2.45) is 17.8 Å². The van der Waals surface area contributed by atoms with Crippen LogP contribution in [0.15, 0.2) is 75.2 Å². The van der Waals surface area contributed by atoms with E-state index in [4.69, 9.17) is 14.2 Å². The van der Waals surface area contributed by atoms with Crippen LogP contribution in [0.4, 0.5) is 0 Å². The first-order valence-corrected chi connectivity index (χ1v) is 20.0. The number of aromatic hydroxyl groups is 1. The van der Waals surface area contributed by atoms with E-state index in [0.717, 1.165) is 39.3 Å². The van der Waals surface area contributed by atoms with E-state index in [1.54, 1.807) is 0 Å². The average Bonchev–Trinajstić information content (AvgIpc) is 3.09. The Bertz CT molecular complexity index is 1660. The van der Waals surface area contributed by atoms with Crippen molar-refractivity contribution < 1.29 is 19.3 Å². The van der Waals surface area contributed by atoms with Crippen LogP contribution in [-0.4, -0.2) is 38.1 Å². The van der Waals surface area contributed by atoms with Gasteiger partial charge in [0.2, 0.25) is 0 Å². The molecular weight excluding hydrogens is 752 g/mol. The zero-order valence-electron chi connectivity index (χ0n) is 31.7. The topological polar surface area (TPSA) is 47.9 Å². The second-order valence-electron chi connectivity index (χ2n) is 14.9. The Morgan fingerprint density at radius 3 is 1.88 bits per heavy atom. The maximum atomic E-state index is 11.5. The van der Waals surface area contributed by atoms with Gasteiger partial charge in [-0.2, -0.15) is 0 Å². The molecule has 4 unspecified atom stereocenters. The van der Waals surface area contributed by atoms with Gasteiger partial charge in [0.1, 0.15) is 0 Å². The summed E-state index contributed by atoms with van der Waals surface area (Å²) in [4.78, 5) is 0. The van der Waals surface area contributed by atoms with Crippen LogP contribution in [0.1, 0.15) is 104 Å². The first-order valence-electron chi connectivity index (χ1n) is 18.4. The van der Waals surface area contributed by atoms with Gasteiger partial charge in [-0.15, -0.1) is 0 Å². The van der Waals surface area contributed by atoms with Crippen LogP contribution in [0.5, 0.6) is 11.5 Å². The maximum Gasteiger partial charge on any atom is 0.161 e. The molecular formula is C44H58Br2O4. The van der Waals surface area contributed by atoms with Crippen LogP contribution in [0.3, 0.4) is 0 Å². The van der Waals surface area contributed by atoms with E-state index in [2.05, 4.69) is 155 Å². The summed E-state index contributed by atoms with van der Waals surface area (Å²) in [7, 11) is 0. The second kappa shape index (κ2) is 17.9. The van der Waals surface area contributed by atoms with Crippen LogP contribution in [0, 0.1) is 17.8 Å². The van der Waals surface area contributed by atoms with Crippen molar-refractivity contribution >= 4 is 37.9 Å². The quantitative estimate of drug-likeness (QED) is 0.109. The summed E-state index contributed by atoms with van der Waals surface area (Å²) in [6, 6.07) is 17.3. The minimum atomic E-state index is -0.681. The molecule has 0 bridgehead atoms. The first-order chi connectivity index (χ1) is 23.8. The van der Waals surface area contributed by atoms with Crippen molar-refractivity contribution in [1.82, 2.24) is 0 Å². The van der Waals surface area contributed by atoms with Crippen molar-refractivity contribution in [3.63, 3.8) is 0 Å². The molecule has 1 aliphatic rings. The number of phenolic OH excluding ortho intramolecular Hbond substituents is 1. The molecule has 0 heterocycles. The Morgan fingerprint density at radius 1 is 0.740 bits per heavy atom. The lowest BCUT2D eigenvalue weighted by atomic mass is 9.48. The lowest BCUT2D eigenvalue weighted by molar-refractivity contribution is 0.126. The zero-order chi connectivity index (χ0) is 36.6. The van der Waals surface area contributed by atoms with Crippen LogP contribution < -0.4 is 4.74 Å². The summed E-state index contributed by atoms with van der Waals surface area (Å²) in [6.45, 7) is 23.1. The van der Waals surface area contributed by atoms with Gasteiger partial charge in [0.05, 0.1) is 25.2 Å². The standard InChI is InChI=1S/C44H58Br2O4/c1-10-29(4)26-48-20-13-14-33-22-41(47)42(50-28-31(6)12-3)25-38(33)44(32(7)19-21-49-27-30(5)11-2)40-24-35(46)16-18-37(40)36-17-15-34(45)23-39(36)43(44,8)9/h13-19,22-25,29-31,47H,10-12,20-21,26-28H2,1-9H3/b14-13+,32-19+. The third-order valence-electron chi connectivity index (χ3n) is 10.8. The van der Waals surface area contributed by atoms with E-state index in [0.29, 0.717) is 56.5 Å². The number of allylic oxidation sites excluding steroid dienone is 1. The predicted octanol–water partition coefficient (Wildman–Crippen LogP) is 12.7. The highest BCUT2D eigenvalue weighted by molar-refractivity contribution is 9.10. The highest BCUT2D eigenvalue weighted by Crippen LogP contribution is 2.62. The van der Waals surface area contributed by atoms with E-state index in [1.165, 1.54) is 27.8 Å². The van der Waals surface area contributed by atoms with E-state index in [9.17, 15) is 5.11 Å². The van der Waals surface area contributed by atoms with Gasteiger partial charge in [0.15, 0.2) is 11.5 Å². The molecule has 4 nitrogen and oxygen atoms in total. The van der Waals surface area contributed by atoms with Crippen molar-refractivity contribution in [3.8, 4) is 22.6 Å². The first kappa shape index (κ1) is 40.4. The Hall–Kier alpha value is -2.38. The summed E-state index contributed by atoms with van der Waals surface area (Å²) in [5, 5.41) is 11.5. The molecule has 4 atom stereocenters. The predicted molar refractivity (Wildman–Crippen MR) is 217 cm³/mol.